The fourth-order valence-electron chi connectivity index (χ4n) is 5.08. The maximum atomic E-state index is 13.8. The number of carbonyl (C=O) groups excluding carboxylic acids is 1. The third-order valence-corrected chi connectivity index (χ3v) is 7.82. The van der Waals surface area contributed by atoms with Crippen LogP contribution in [0.4, 0.5) is 27.6 Å². The molecule has 0 unspecified atom stereocenters. The molecule has 2 aliphatic rings. The SMILES string of the molecule is CCC1CCC(OCc2c(Cl)c(C(F)(F)F)nn2-c2cccc(C(=O)N(C)c3ccc4c(c3)OC(F)(F)O4)c2)CC1. The van der Waals surface area contributed by atoms with E-state index < -0.39 is 29.1 Å². The summed E-state index contributed by atoms with van der Waals surface area (Å²) in [5, 5.41) is 3.19. The third-order valence-electron chi connectivity index (χ3n) is 7.43. The molecule has 1 aliphatic carbocycles. The lowest BCUT2D eigenvalue weighted by Crippen LogP contribution is -2.26. The van der Waals surface area contributed by atoms with E-state index in [2.05, 4.69) is 21.5 Å². The molecule has 7 nitrogen and oxygen atoms in total. The van der Waals surface area contributed by atoms with Crippen LogP contribution in [0.1, 0.15) is 60.8 Å². The van der Waals surface area contributed by atoms with Gasteiger partial charge in [-0.25, -0.2) is 4.68 Å². The predicted molar refractivity (Wildman–Crippen MR) is 140 cm³/mol. The molecule has 1 fully saturated rings. The molecule has 220 valence electrons. The van der Waals surface area contributed by atoms with Gasteiger partial charge in [-0.2, -0.15) is 18.3 Å². The van der Waals surface area contributed by atoms with Gasteiger partial charge in [0.2, 0.25) is 0 Å². The molecule has 1 saturated carbocycles. The second kappa shape index (κ2) is 11.1. The Kier molecular flexibility index (Phi) is 7.90. The van der Waals surface area contributed by atoms with Gasteiger partial charge in [-0.15, -0.1) is 8.78 Å². The van der Waals surface area contributed by atoms with Crippen molar-refractivity contribution in [2.75, 3.05) is 11.9 Å². The van der Waals surface area contributed by atoms with Gasteiger partial charge in [0.25, 0.3) is 5.91 Å². The van der Waals surface area contributed by atoms with Gasteiger partial charge < -0.3 is 19.1 Å². The van der Waals surface area contributed by atoms with Crippen LogP contribution in [0.15, 0.2) is 42.5 Å². The number of amides is 1. The lowest BCUT2D eigenvalue weighted by atomic mass is 9.86. The van der Waals surface area contributed by atoms with Crippen LogP contribution in [0, 0.1) is 5.92 Å². The lowest BCUT2D eigenvalue weighted by molar-refractivity contribution is -0.286. The van der Waals surface area contributed by atoms with Crippen LogP contribution in [-0.4, -0.2) is 35.1 Å². The number of hydrogen-bond acceptors (Lipinski definition) is 5. The number of aromatic nitrogens is 2. The van der Waals surface area contributed by atoms with Crippen molar-refractivity contribution >= 4 is 23.2 Å². The summed E-state index contributed by atoms with van der Waals surface area (Å²) in [4.78, 5) is 14.5. The zero-order valence-corrected chi connectivity index (χ0v) is 22.9. The minimum atomic E-state index is -4.81. The molecule has 0 bridgehead atoms. The summed E-state index contributed by atoms with van der Waals surface area (Å²) in [6.45, 7) is 1.94. The second-order valence-electron chi connectivity index (χ2n) is 10.1. The zero-order valence-electron chi connectivity index (χ0n) is 22.2. The van der Waals surface area contributed by atoms with E-state index in [9.17, 15) is 26.7 Å². The molecule has 1 aromatic heterocycles. The number of nitrogens with zero attached hydrogens (tertiary/aromatic N) is 3. The molecule has 0 N–H and O–H groups in total. The predicted octanol–water partition coefficient (Wildman–Crippen LogP) is 7.63. The zero-order chi connectivity index (χ0) is 29.5. The van der Waals surface area contributed by atoms with E-state index in [1.807, 2.05) is 0 Å². The van der Waals surface area contributed by atoms with Crippen molar-refractivity contribution in [3.63, 3.8) is 0 Å². The second-order valence-corrected chi connectivity index (χ2v) is 10.5. The number of hydrogen-bond donors (Lipinski definition) is 0. The van der Waals surface area contributed by atoms with Crippen molar-refractivity contribution in [2.45, 2.75) is 64.2 Å². The van der Waals surface area contributed by atoms with E-state index in [0.29, 0.717) is 5.92 Å². The van der Waals surface area contributed by atoms with Crippen LogP contribution >= 0.6 is 11.6 Å². The van der Waals surface area contributed by atoms with Gasteiger partial charge >= 0.3 is 12.5 Å². The first-order chi connectivity index (χ1) is 19.4. The third kappa shape index (κ3) is 6.13. The normalized spacial score (nSPS) is 19.8. The number of halogens is 6. The van der Waals surface area contributed by atoms with E-state index >= 15 is 0 Å². The van der Waals surface area contributed by atoms with E-state index in [-0.39, 0.29) is 46.8 Å². The Morgan fingerprint density at radius 3 is 2.51 bits per heavy atom. The molecule has 3 aromatic rings. The monoisotopic (exact) mass is 599 g/mol. The van der Waals surface area contributed by atoms with Crippen LogP contribution in [0.25, 0.3) is 5.69 Å². The summed E-state index contributed by atoms with van der Waals surface area (Å²) in [6.07, 6.45) is -4.04. The summed E-state index contributed by atoms with van der Waals surface area (Å²) in [5.74, 6) is -0.347. The Morgan fingerprint density at radius 1 is 1.12 bits per heavy atom. The maximum Gasteiger partial charge on any atom is 0.586 e. The molecular weight excluding hydrogens is 573 g/mol. The average Bonchev–Trinajstić information content (AvgIpc) is 3.45. The molecule has 41 heavy (non-hydrogen) atoms. The fraction of sp³-hybridized carbons (Fsp3) is 0.429. The van der Waals surface area contributed by atoms with E-state index in [1.54, 1.807) is 0 Å². The van der Waals surface area contributed by atoms with Crippen molar-refractivity contribution in [2.24, 2.45) is 5.92 Å². The minimum Gasteiger partial charge on any atom is -0.395 e. The highest BCUT2D eigenvalue weighted by Crippen LogP contribution is 2.43. The summed E-state index contributed by atoms with van der Waals surface area (Å²) < 4.78 is 83.9. The highest BCUT2D eigenvalue weighted by Gasteiger charge is 2.43. The molecule has 13 heteroatoms. The molecule has 1 aliphatic heterocycles. The van der Waals surface area contributed by atoms with Gasteiger partial charge in [0.05, 0.1) is 29.1 Å². The highest BCUT2D eigenvalue weighted by molar-refractivity contribution is 6.32. The summed E-state index contributed by atoms with van der Waals surface area (Å²) in [6, 6.07) is 9.72. The van der Waals surface area contributed by atoms with Crippen LogP contribution in [0.3, 0.4) is 0 Å². The number of rotatable bonds is 7. The van der Waals surface area contributed by atoms with Crippen molar-refractivity contribution in [1.29, 1.82) is 0 Å². The van der Waals surface area contributed by atoms with Crippen LogP contribution in [0.2, 0.25) is 5.02 Å². The van der Waals surface area contributed by atoms with E-state index in [0.717, 1.165) is 36.8 Å². The number of carbonyl (C=O) groups is 1. The van der Waals surface area contributed by atoms with Crippen molar-refractivity contribution in [3.8, 4) is 17.2 Å². The Balaban J connectivity index is 1.40. The smallest absolute Gasteiger partial charge is 0.395 e. The summed E-state index contributed by atoms with van der Waals surface area (Å²) in [5.41, 5.74) is -0.725. The topological polar surface area (TPSA) is 65.8 Å². The standard InChI is InChI=1S/C28H27ClF5N3O4/c1-3-16-7-10-20(11-8-16)39-15-21-24(29)25(27(30,31)32)35-37(21)19-6-4-5-17(13-19)26(38)36(2)18-9-12-22-23(14-18)41-28(33,34)40-22/h4-6,9,12-14,16,20H,3,7-8,10-11,15H2,1-2H3. The molecule has 0 spiro atoms. The van der Waals surface area contributed by atoms with Gasteiger partial charge in [-0.1, -0.05) is 31.0 Å². The van der Waals surface area contributed by atoms with Crippen LogP contribution in [-0.2, 0) is 17.5 Å². The Morgan fingerprint density at radius 2 is 1.83 bits per heavy atom. The molecule has 0 radical (unpaired) electrons. The van der Waals surface area contributed by atoms with E-state index in [4.69, 9.17) is 16.3 Å². The first kappa shape index (κ1) is 29.1. The first-order valence-corrected chi connectivity index (χ1v) is 13.5. The number of benzene rings is 2. The first-order valence-electron chi connectivity index (χ1n) is 13.1. The Labute approximate surface area is 237 Å². The van der Waals surface area contributed by atoms with Gasteiger partial charge in [0.1, 0.15) is 0 Å². The largest absolute Gasteiger partial charge is 0.586 e. The van der Waals surface area contributed by atoms with Gasteiger partial charge in [0, 0.05) is 24.4 Å². The number of fused-ring (bicyclic) bond motifs is 1. The Bertz CT molecular complexity index is 1440. The molecule has 0 atom stereocenters. The molecular formula is C28H27ClF5N3O4. The minimum absolute atomic E-state index is 0.0197. The summed E-state index contributed by atoms with van der Waals surface area (Å²) >= 11 is 6.19. The van der Waals surface area contributed by atoms with Crippen molar-refractivity contribution in [1.82, 2.24) is 9.78 Å². The lowest BCUT2D eigenvalue weighted by Gasteiger charge is -2.27. The number of anilines is 1. The van der Waals surface area contributed by atoms with Crippen LogP contribution in [0.5, 0.6) is 11.5 Å². The van der Waals surface area contributed by atoms with E-state index in [1.165, 1.54) is 54.4 Å². The molecule has 5 rings (SSSR count). The van der Waals surface area contributed by atoms with Gasteiger partial charge in [0.15, 0.2) is 17.2 Å². The molecule has 2 heterocycles. The number of alkyl halides is 5. The molecule has 2 aromatic carbocycles. The van der Waals surface area contributed by atoms with Gasteiger partial charge in [-0.05, 0) is 61.9 Å². The molecule has 1 amide bonds. The quantitative estimate of drug-likeness (QED) is 0.261. The van der Waals surface area contributed by atoms with Crippen molar-refractivity contribution < 1.29 is 41.0 Å². The fourth-order valence-corrected chi connectivity index (χ4v) is 5.36. The van der Waals surface area contributed by atoms with Crippen molar-refractivity contribution in [3.05, 3.63) is 64.4 Å². The van der Waals surface area contributed by atoms with Crippen LogP contribution < -0.4 is 14.4 Å². The highest BCUT2D eigenvalue weighted by atomic mass is 35.5. The number of ether oxygens (including phenoxy) is 3. The summed E-state index contributed by atoms with van der Waals surface area (Å²) in [7, 11) is 1.42. The maximum absolute atomic E-state index is 13.8. The molecule has 0 saturated heterocycles. The van der Waals surface area contributed by atoms with Gasteiger partial charge in [-0.3, -0.25) is 4.79 Å². The Hall–Kier alpha value is -3.38. The average molecular weight is 600 g/mol.